The van der Waals surface area contributed by atoms with Crippen LogP contribution in [0, 0.1) is 6.92 Å². The Labute approximate surface area is 129 Å². The molecule has 0 saturated carbocycles. The zero-order valence-corrected chi connectivity index (χ0v) is 12.5. The van der Waals surface area contributed by atoms with Crippen LogP contribution in [-0.4, -0.2) is 32.3 Å². The van der Waals surface area contributed by atoms with E-state index < -0.39 is 5.76 Å². The van der Waals surface area contributed by atoms with E-state index in [4.69, 9.17) is 14.9 Å². The standard InChI is InChI=1S/C13H13N5O3S/c1-8-3-2-4-9(7-8)18-11(16-20-13(18)19)10-12(17-21-15-10)22-6-5-14/h2-4,7H,5-6,14H2,1H3. The summed E-state index contributed by atoms with van der Waals surface area (Å²) < 4.78 is 10.9. The monoisotopic (exact) mass is 319 g/mol. The van der Waals surface area contributed by atoms with Crippen molar-refractivity contribution in [2.45, 2.75) is 11.9 Å². The van der Waals surface area contributed by atoms with E-state index in [2.05, 4.69) is 15.5 Å². The number of thioether (sulfide) groups is 1. The molecular weight excluding hydrogens is 306 g/mol. The number of rotatable bonds is 5. The third kappa shape index (κ3) is 2.68. The molecule has 0 aliphatic carbocycles. The second kappa shape index (κ2) is 6.16. The van der Waals surface area contributed by atoms with Gasteiger partial charge in [0.1, 0.15) is 0 Å². The van der Waals surface area contributed by atoms with Crippen molar-refractivity contribution in [2.75, 3.05) is 12.3 Å². The van der Waals surface area contributed by atoms with Crippen molar-refractivity contribution in [2.24, 2.45) is 5.73 Å². The number of aryl methyl sites for hydroxylation is 1. The predicted molar refractivity (Wildman–Crippen MR) is 79.9 cm³/mol. The first-order chi connectivity index (χ1) is 10.7. The van der Waals surface area contributed by atoms with Gasteiger partial charge in [0.15, 0.2) is 10.7 Å². The fourth-order valence-corrected chi connectivity index (χ4v) is 2.62. The lowest BCUT2D eigenvalue weighted by molar-refractivity contribution is 0.299. The Morgan fingerprint density at radius 3 is 2.95 bits per heavy atom. The van der Waals surface area contributed by atoms with E-state index in [1.807, 2.05) is 25.1 Å². The van der Waals surface area contributed by atoms with Crippen molar-refractivity contribution in [3.8, 4) is 17.2 Å². The summed E-state index contributed by atoms with van der Waals surface area (Å²) >= 11 is 1.38. The van der Waals surface area contributed by atoms with Gasteiger partial charge in [-0.25, -0.2) is 14.0 Å². The average Bonchev–Trinajstić information content (AvgIpc) is 3.11. The molecule has 0 unspecified atom stereocenters. The molecule has 9 heteroatoms. The fraction of sp³-hybridized carbons (Fsp3) is 0.231. The smallest absolute Gasteiger partial charge is 0.330 e. The van der Waals surface area contributed by atoms with Gasteiger partial charge in [-0.15, -0.1) is 0 Å². The molecule has 0 aliphatic rings. The fourth-order valence-electron chi connectivity index (χ4n) is 1.96. The molecule has 2 N–H and O–H groups in total. The molecule has 0 aliphatic heterocycles. The average molecular weight is 319 g/mol. The molecule has 8 nitrogen and oxygen atoms in total. The number of hydrogen-bond donors (Lipinski definition) is 1. The summed E-state index contributed by atoms with van der Waals surface area (Å²) in [5, 5.41) is 12.0. The SMILES string of the molecule is Cc1cccc(-n2c(-c3nonc3SCCN)noc2=O)c1. The van der Waals surface area contributed by atoms with Crippen LogP contribution in [0.5, 0.6) is 0 Å². The van der Waals surface area contributed by atoms with Crippen LogP contribution in [0.25, 0.3) is 17.2 Å². The molecule has 3 aromatic rings. The lowest BCUT2D eigenvalue weighted by Crippen LogP contribution is -2.13. The molecule has 3 rings (SSSR count). The second-order valence-electron chi connectivity index (χ2n) is 4.50. The van der Waals surface area contributed by atoms with E-state index >= 15 is 0 Å². The minimum atomic E-state index is -0.599. The Morgan fingerprint density at radius 1 is 1.32 bits per heavy atom. The molecule has 22 heavy (non-hydrogen) atoms. The third-order valence-corrected chi connectivity index (χ3v) is 3.87. The molecule has 0 amide bonds. The zero-order valence-electron chi connectivity index (χ0n) is 11.7. The third-order valence-electron chi connectivity index (χ3n) is 2.89. The van der Waals surface area contributed by atoms with Gasteiger partial charge in [0.25, 0.3) is 0 Å². The van der Waals surface area contributed by atoms with Crippen LogP contribution in [0.15, 0.2) is 43.2 Å². The molecular formula is C13H13N5O3S. The molecule has 0 bridgehead atoms. The Hall–Kier alpha value is -2.39. The minimum Gasteiger partial charge on any atom is -0.330 e. The van der Waals surface area contributed by atoms with Crippen LogP contribution >= 0.6 is 11.8 Å². The molecule has 2 heterocycles. The Bertz CT molecular complexity index is 838. The van der Waals surface area contributed by atoms with Crippen molar-refractivity contribution >= 4 is 11.8 Å². The lowest BCUT2D eigenvalue weighted by atomic mass is 10.2. The Balaban J connectivity index is 2.10. The minimum absolute atomic E-state index is 0.247. The van der Waals surface area contributed by atoms with E-state index in [0.717, 1.165) is 5.56 Å². The highest BCUT2D eigenvalue weighted by molar-refractivity contribution is 7.99. The van der Waals surface area contributed by atoms with Crippen LogP contribution in [0.1, 0.15) is 5.56 Å². The van der Waals surface area contributed by atoms with Crippen molar-refractivity contribution in [3.63, 3.8) is 0 Å². The summed E-state index contributed by atoms with van der Waals surface area (Å²) in [6.45, 7) is 2.42. The highest BCUT2D eigenvalue weighted by Crippen LogP contribution is 2.27. The van der Waals surface area contributed by atoms with Gasteiger partial charge in [-0.1, -0.05) is 29.1 Å². The van der Waals surface area contributed by atoms with Gasteiger partial charge < -0.3 is 5.73 Å². The highest BCUT2D eigenvalue weighted by Gasteiger charge is 2.22. The van der Waals surface area contributed by atoms with Crippen LogP contribution in [0.2, 0.25) is 0 Å². The molecule has 0 spiro atoms. The van der Waals surface area contributed by atoms with Gasteiger partial charge in [-0.2, -0.15) is 0 Å². The van der Waals surface area contributed by atoms with Gasteiger partial charge >= 0.3 is 5.76 Å². The number of nitrogens with two attached hydrogens (primary N) is 1. The number of benzene rings is 1. The van der Waals surface area contributed by atoms with Crippen LogP contribution < -0.4 is 11.5 Å². The quantitative estimate of drug-likeness (QED) is 0.699. The lowest BCUT2D eigenvalue weighted by Gasteiger charge is -2.04. The van der Waals surface area contributed by atoms with Crippen LogP contribution in [0.3, 0.4) is 0 Å². The molecule has 1 aromatic carbocycles. The molecule has 2 aromatic heterocycles. The maximum atomic E-state index is 12.0. The zero-order chi connectivity index (χ0) is 15.5. The predicted octanol–water partition coefficient (Wildman–Crippen LogP) is 1.23. The molecule has 0 saturated heterocycles. The van der Waals surface area contributed by atoms with Gasteiger partial charge in [0.05, 0.1) is 5.69 Å². The van der Waals surface area contributed by atoms with Crippen molar-refractivity contribution in [1.29, 1.82) is 0 Å². The molecule has 0 radical (unpaired) electrons. The number of hydrogen-bond acceptors (Lipinski definition) is 8. The summed E-state index contributed by atoms with van der Waals surface area (Å²) in [7, 11) is 0. The van der Waals surface area contributed by atoms with E-state index in [-0.39, 0.29) is 5.82 Å². The molecule has 114 valence electrons. The Kier molecular flexibility index (Phi) is 4.07. The summed E-state index contributed by atoms with van der Waals surface area (Å²) in [6, 6.07) is 7.42. The first-order valence-corrected chi connectivity index (χ1v) is 7.51. The highest BCUT2D eigenvalue weighted by atomic mass is 32.2. The topological polar surface area (TPSA) is 113 Å². The molecule has 0 fully saturated rings. The van der Waals surface area contributed by atoms with Crippen molar-refractivity contribution in [1.82, 2.24) is 20.0 Å². The summed E-state index contributed by atoms with van der Waals surface area (Å²) in [6.07, 6.45) is 0. The van der Waals surface area contributed by atoms with Gasteiger partial charge in [-0.05, 0) is 34.9 Å². The van der Waals surface area contributed by atoms with E-state index in [0.29, 0.717) is 28.7 Å². The second-order valence-corrected chi connectivity index (χ2v) is 5.59. The number of aromatic nitrogens is 4. The van der Waals surface area contributed by atoms with Crippen molar-refractivity contribution < 1.29 is 9.15 Å². The van der Waals surface area contributed by atoms with Crippen LogP contribution in [0.4, 0.5) is 0 Å². The molecule has 0 atom stereocenters. The van der Waals surface area contributed by atoms with Gasteiger partial charge in [-0.3, -0.25) is 4.52 Å². The summed E-state index contributed by atoms with van der Waals surface area (Å²) in [5.41, 5.74) is 7.48. The van der Waals surface area contributed by atoms with Gasteiger partial charge in [0.2, 0.25) is 5.82 Å². The maximum absolute atomic E-state index is 12.0. The van der Waals surface area contributed by atoms with Crippen molar-refractivity contribution in [3.05, 3.63) is 40.4 Å². The van der Waals surface area contributed by atoms with E-state index in [1.165, 1.54) is 16.3 Å². The largest absolute Gasteiger partial charge is 0.446 e. The Morgan fingerprint density at radius 2 is 2.18 bits per heavy atom. The maximum Gasteiger partial charge on any atom is 0.446 e. The summed E-state index contributed by atoms with van der Waals surface area (Å²) in [5.74, 6) is 0.294. The van der Waals surface area contributed by atoms with Crippen LogP contribution in [-0.2, 0) is 0 Å². The van der Waals surface area contributed by atoms with E-state index in [1.54, 1.807) is 6.07 Å². The number of nitrogens with zero attached hydrogens (tertiary/aromatic N) is 4. The first kappa shape index (κ1) is 14.5. The first-order valence-electron chi connectivity index (χ1n) is 6.52. The van der Waals surface area contributed by atoms with Gasteiger partial charge in [0, 0.05) is 12.3 Å². The normalized spacial score (nSPS) is 11.0. The summed E-state index contributed by atoms with van der Waals surface area (Å²) in [4.78, 5) is 12.0. The van der Waals surface area contributed by atoms with E-state index in [9.17, 15) is 4.79 Å².